The van der Waals surface area contributed by atoms with E-state index in [-0.39, 0.29) is 5.91 Å². The van der Waals surface area contributed by atoms with Gasteiger partial charge in [0.1, 0.15) is 12.4 Å². The lowest BCUT2D eigenvalue weighted by Gasteiger charge is -2.27. The Bertz CT molecular complexity index is 910. The van der Waals surface area contributed by atoms with Crippen LogP contribution in [-0.2, 0) is 4.74 Å². The van der Waals surface area contributed by atoms with Crippen molar-refractivity contribution in [1.29, 1.82) is 0 Å². The van der Waals surface area contributed by atoms with E-state index in [1.165, 1.54) is 0 Å². The Balaban J connectivity index is 0.000000890. The molecule has 1 saturated heterocycles. The minimum absolute atomic E-state index is 0.233. The molecule has 0 atom stereocenters. The van der Waals surface area contributed by atoms with Crippen molar-refractivity contribution in [2.45, 2.75) is 20.8 Å². The van der Waals surface area contributed by atoms with Gasteiger partial charge >= 0.3 is 0 Å². The van der Waals surface area contributed by atoms with E-state index in [1.807, 2.05) is 51.1 Å². The van der Waals surface area contributed by atoms with Gasteiger partial charge in [0.25, 0.3) is 5.91 Å². The Morgan fingerprint density at radius 1 is 1.21 bits per heavy atom. The van der Waals surface area contributed by atoms with Crippen LogP contribution in [0.15, 0.2) is 42.5 Å². The van der Waals surface area contributed by atoms with E-state index in [1.54, 1.807) is 25.3 Å². The van der Waals surface area contributed by atoms with Gasteiger partial charge in [-0.05, 0) is 62.2 Å². The minimum atomic E-state index is -0.233. The summed E-state index contributed by atoms with van der Waals surface area (Å²) in [4.78, 5) is 15.2. The number of carbonyl (C=O) groups is 1. The standard InChI is InChI=1S/C23H28ClN3O2.C3H8O/c1-3-4-18-5-7-20(15-17(18)2)26-23(28)21-16-19(24)6-8-22(21)29-14-13-27-11-9-25-10-12-27;1-3-4-2/h3-8,15-16,25H,9-14H2,1-2H3,(H,26,28);3H2,1-2H3/b4-3-;. The summed E-state index contributed by atoms with van der Waals surface area (Å²) in [7, 11) is 1.68. The van der Waals surface area contributed by atoms with Crippen LogP contribution in [0.5, 0.6) is 5.75 Å². The summed E-state index contributed by atoms with van der Waals surface area (Å²) in [5.41, 5.74) is 3.41. The summed E-state index contributed by atoms with van der Waals surface area (Å²) in [6, 6.07) is 11.0. The first-order valence-electron chi connectivity index (χ1n) is 11.4. The van der Waals surface area contributed by atoms with E-state index < -0.39 is 0 Å². The topological polar surface area (TPSA) is 62.8 Å². The van der Waals surface area contributed by atoms with Gasteiger partial charge in [-0.25, -0.2) is 0 Å². The number of hydrogen-bond acceptors (Lipinski definition) is 5. The van der Waals surface area contributed by atoms with Crippen molar-refractivity contribution < 1.29 is 14.3 Å². The molecule has 0 radical (unpaired) electrons. The van der Waals surface area contributed by atoms with Crippen molar-refractivity contribution in [3.8, 4) is 5.75 Å². The second-order valence-electron chi connectivity index (χ2n) is 7.68. The summed E-state index contributed by atoms with van der Waals surface area (Å²) in [6.45, 7) is 12.2. The molecule has 1 heterocycles. The molecule has 0 unspecified atom stereocenters. The molecule has 0 spiro atoms. The number of ether oxygens (including phenoxy) is 2. The number of anilines is 1. The molecule has 7 heteroatoms. The molecule has 6 nitrogen and oxygen atoms in total. The molecule has 33 heavy (non-hydrogen) atoms. The van der Waals surface area contributed by atoms with Crippen molar-refractivity contribution in [2.75, 3.05) is 58.4 Å². The van der Waals surface area contributed by atoms with Crippen LogP contribution >= 0.6 is 11.6 Å². The summed E-state index contributed by atoms with van der Waals surface area (Å²) in [5, 5.41) is 6.80. The number of benzene rings is 2. The zero-order valence-electron chi connectivity index (χ0n) is 20.1. The van der Waals surface area contributed by atoms with E-state index in [4.69, 9.17) is 16.3 Å². The first kappa shape index (κ1) is 26.9. The summed E-state index contributed by atoms with van der Waals surface area (Å²) < 4.78 is 10.5. The molecule has 0 saturated carbocycles. The van der Waals surface area contributed by atoms with Gasteiger partial charge in [-0.1, -0.05) is 29.8 Å². The number of methoxy groups -OCH3 is 1. The molecule has 1 amide bonds. The molecule has 180 valence electrons. The number of carbonyl (C=O) groups excluding carboxylic acids is 1. The maximum absolute atomic E-state index is 12.9. The highest BCUT2D eigenvalue weighted by Crippen LogP contribution is 2.25. The highest BCUT2D eigenvalue weighted by molar-refractivity contribution is 6.31. The van der Waals surface area contributed by atoms with Crippen molar-refractivity contribution >= 4 is 29.3 Å². The SMILES string of the molecule is C/C=C\c1ccc(NC(=O)c2cc(Cl)ccc2OCCN2CCNCC2)cc1C.CCOC. The second kappa shape index (κ2) is 14.7. The summed E-state index contributed by atoms with van der Waals surface area (Å²) >= 11 is 6.14. The van der Waals surface area contributed by atoms with Crippen LogP contribution in [0.25, 0.3) is 6.08 Å². The lowest BCUT2D eigenvalue weighted by Crippen LogP contribution is -2.44. The van der Waals surface area contributed by atoms with Gasteiger partial charge in [0.15, 0.2) is 0 Å². The summed E-state index contributed by atoms with van der Waals surface area (Å²) in [5.74, 6) is 0.312. The van der Waals surface area contributed by atoms with Crippen molar-refractivity contribution in [1.82, 2.24) is 10.2 Å². The molecule has 1 fully saturated rings. The zero-order valence-corrected chi connectivity index (χ0v) is 20.9. The molecule has 0 aliphatic carbocycles. The molecule has 1 aliphatic heterocycles. The molecule has 3 rings (SSSR count). The van der Waals surface area contributed by atoms with Gasteiger partial charge < -0.3 is 20.1 Å². The summed E-state index contributed by atoms with van der Waals surface area (Å²) in [6.07, 6.45) is 4.04. The third kappa shape index (κ3) is 9.18. The number of aryl methyl sites for hydroxylation is 1. The van der Waals surface area contributed by atoms with E-state index in [0.717, 1.165) is 56.1 Å². The normalized spacial score (nSPS) is 14.0. The number of nitrogens with one attached hydrogen (secondary N) is 2. The highest BCUT2D eigenvalue weighted by Gasteiger charge is 2.15. The molecule has 1 aliphatic rings. The van der Waals surface area contributed by atoms with Crippen molar-refractivity contribution in [2.24, 2.45) is 0 Å². The number of amides is 1. The van der Waals surface area contributed by atoms with Crippen LogP contribution in [0.2, 0.25) is 5.02 Å². The fraction of sp³-hybridized carbons (Fsp3) is 0.423. The molecular weight excluding hydrogens is 438 g/mol. The minimum Gasteiger partial charge on any atom is -0.491 e. The van der Waals surface area contributed by atoms with Gasteiger partial charge in [0.2, 0.25) is 0 Å². The fourth-order valence-corrected chi connectivity index (χ4v) is 3.52. The van der Waals surface area contributed by atoms with Crippen molar-refractivity contribution in [3.63, 3.8) is 0 Å². The van der Waals surface area contributed by atoms with Gasteiger partial charge in [-0.3, -0.25) is 9.69 Å². The molecular formula is C26H36ClN3O3. The molecule has 2 aromatic carbocycles. The van der Waals surface area contributed by atoms with Gasteiger partial charge in [0.05, 0.1) is 5.56 Å². The predicted molar refractivity (Wildman–Crippen MR) is 138 cm³/mol. The first-order chi connectivity index (χ1) is 16.0. The van der Waals surface area contributed by atoms with Gasteiger partial charge in [-0.15, -0.1) is 0 Å². The smallest absolute Gasteiger partial charge is 0.259 e. The van der Waals surface area contributed by atoms with Crippen LogP contribution in [0, 0.1) is 6.92 Å². The monoisotopic (exact) mass is 473 g/mol. The van der Waals surface area contributed by atoms with Crippen LogP contribution in [0.3, 0.4) is 0 Å². The van der Waals surface area contributed by atoms with E-state index in [2.05, 4.69) is 20.3 Å². The average Bonchev–Trinajstić information content (AvgIpc) is 2.82. The molecule has 2 aromatic rings. The maximum atomic E-state index is 12.9. The quantitative estimate of drug-likeness (QED) is 0.572. The van der Waals surface area contributed by atoms with Crippen LogP contribution in [0.4, 0.5) is 5.69 Å². The van der Waals surface area contributed by atoms with Crippen LogP contribution in [0.1, 0.15) is 35.3 Å². The Morgan fingerprint density at radius 3 is 2.58 bits per heavy atom. The number of piperazine rings is 1. The number of hydrogen-bond donors (Lipinski definition) is 2. The fourth-order valence-electron chi connectivity index (χ4n) is 3.34. The maximum Gasteiger partial charge on any atom is 0.259 e. The highest BCUT2D eigenvalue weighted by atomic mass is 35.5. The Hall–Kier alpha value is -2.38. The second-order valence-corrected chi connectivity index (χ2v) is 8.12. The molecule has 0 bridgehead atoms. The zero-order chi connectivity index (χ0) is 24.1. The van der Waals surface area contributed by atoms with Crippen LogP contribution in [-0.4, -0.2) is 63.9 Å². The third-order valence-electron chi connectivity index (χ3n) is 5.22. The Labute approximate surface area is 202 Å². The lowest BCUT2D eigenvalue weighted by atomic mass is 10.1. The predicted octanol–water partition coefficient (Wildman–Crippen LogP) is 4.87. The van der Waals surface area contributed by atoms with E-state index >= 15 is 0 Å². The average molecular weight is 474 g/mol. The number of halogens is 1. The largest absolute Gasteiger partial charge is 0.491 e. The molecule has 0 aromatic heterocycles. The van der Waals surface area contributed by atoms with Crippen molar-refractivity contribution in [3.05, 3.63) is 64.2 Å². The third-order valence-corrected chi connectivity index (χ3v) is 5.46. The molecule has 2 N–H and O–H groups in total. The number of rotatable bonds is 8. The van der Waals surface area contributed by atoms with E-state index in [0.29, 0.717) is 22.9 Å². The van der Waals surface area contributed by atoms with Gasteiger partial charge in [-0.2, -0.15) is 0 Å². The number of allylic oxidation sites excluding steroid dienone is 1. The Morgan fingerprint density at radius 2 is 1.94 bits per heavy atom. The first-order valence-corrected chi connectivity index (χ1v) is 11.7. The Kier molecular flexibility index (Phi) is 12.0. The van der Waals surface area contributed by atoms with E-state index in [9.17, 15) is 4.79 Å². The van der Waals surface area contributed by atoms with Gasteiger partial charge in [0, 0.05) is 57.2 Å². The lowest BCUT2D eigenvalue weighted by molar-refractivity contribution is 0.102. The number of nitrogens with zero attached hydrogens (tertiary/aromatic N) is 1. The van der Waals surface area contributed by atoms with Crippen LogP contribution < -0.4 is 15.4 Å².